The van der Waals surface area contributed by atoms with E-state index in [0.717, 1.165) is 17.6 Å². The highest BCUT2D eigenvalue weighted by molar-refractivity contribution is 5.85. The van der Waals surface area contributed by atoms with Crippen LogP contribution in [0.25, 0.3) is 10.9 Å². The second kappa shape index (κ2) is 6.98. The summed E-state index contributed by atoms with van der Waals surface area (Å²) < 4.78 is 46.3. The number of alkyl halides is 3. The van der Waals surface area contributed by atoms with Gasteiger partial charge in [0.25, 0.3) is 0 Å². The number of benzene rings is 2. The molecule has 0 saturated carbocycles. The average Bonchev–Trinajstić information content (AvgIpc) is 2.60. The highest BCUT2D eigenvalue weighted by atomic mass is 19.4. The van der Waals surface area contributed by atoms with E-state index >= 15 is 0 Å². The number of ether oxygens (including phenoxy) is 2. The second-order valence-electron chi connectivity index (χ2n) is 6.14. The molecule has 0 unspecified atom stereocenters. The Balaban J connectivity index is 1.95. The predicted molar refractivity (Wildman–Crippen MR) is 96.6 cm³/mol. The molecule has 0 saturated heterocycles. The Kier molecular flexibility index (Phi) is 4.87. The average molecular weight is 377 g/mol. The van der Waals surface area contributed by atoms with Crippen LogP contribution < -0.4 is 14.9 Å². The summed E-state index contributed by atoms with van der Waals surface area (Å²) in [5, 5.41) is 0.541. The molecular formula is C20H18F3NO3. The van der Waals surface area contributed by atoms with Crippen LogP contribution in [0, 0.1) is 13.8 Å². The quantitative estimate of drug-likeness (QED) is 0.662. The molecule has 1 aromatic heterocycles. The maximum absolute atomic E-state index is 12.7. The summed E-state index contributed by atoms with van der Waals surface area (Å²) >= 11 is 0. The van der Waals surface area contributed by atoms with Crippen LogP contribution in [0.2, 0.25) is 0 Å². The third kappa shape index (κ3) is 3.92. The summed E-state index contributed by atoms with van der Waals surface area (Å²) in [6, 6.07) is 8.58. The first kappa shape index (κ1) is 18.8. The molecule has 0 amide bonds. The molecule has 7 heteroatoms. The van der Waals surface area contributed by atoms with Crippen LogP contribution in [-0.4, -0.2) is 11.3 Å². The normalized spacial score (nSPS) is 11.6. The lowest BCUT2D eigenvalue weighted by Crippen LogP contribution is -2.16. The minimum absolute atomic E-state index is 0.0579. The predicted octanol–water partition coefficient (Wildman–Crippen LogP) is 5.40. The summed E-state index contributed by atoms with van der Waals surface area (Å²) in [6.45, 7) is 5.53. The zero-order valence-corrected chi connectivity index (χ0v) is 15.0. The highest BCUT2D eigenvalue weighted by Crippen LogP contribution is 2.31. The van der Waals surface area contributed by atoms with Gasteiger partial charge in [-0.25, -0.2) is 0 Å². The van der Waals surface area contributed by atoms with E-state index in [1.807, 2.05) is 6.92 Å². The SMILES string of the molecule is CCc1[nH]c2ccc(Oc3ccc(OC(F)(F)F)cc3)c(C)c2c(=O)c1C. The number of aromatic amines is 1. The molecule has 2 aromatic carbocycles. The third-order valence-electron chi connectivity index (χ3n) is 4.36. The molecule has 1 N–H and O–H groups in total. The Morgan fingerprint density at radius 2 is 1.59 bits per heavy atom. The van der Waals surface area contributed by atoms with E-state index in [4.69, 9.17) is 4.74 Å². The van der Waals surface area contributed by atoms with Crippen molar-refractivity contribution in [2.45, 2.75) is 33.6 Å². The Bertz CT molecular complexity index is 1040. The molecule has 0 aliphatic heterocycles. The number of aryl methyl sites for hydroxylation is 2. The van der Waals surface area contributed by atoms with Crippen molar-refractivity contribution in [2.75, 3.05) is 0 Å². The van der Waals surface area contributed by atoms with Crippen molar-refractivity contribution in [1.82, 2.24) is 4.98 Å². The molecule has 0 radical (unpaired) electrons. The molecule has 0 aliphatic carbocycles. The monoisotopic (exact) mass is 377 g/mol. The number of rotatable bonds is 4. The van der Waals surface area contributed by atoms with Crippen LogP contribution >= 0.6 is 0 Å². The number of aromatic nitrogens is 1. The molecule has 0 atom stereocenters. The van der Waals surface area contributed by atoms with E-state index in [1.54, 1.807) is 26.0 Å². The minimum atomic E-state index is -4.74. The molecule has 0 bridgehead atoms. The van der Waals surface area contributed by atoms with E-state index in [1.165, 1.54) is 24.3 Å². The van der Waals surface area contributed by atoms with Crippen LogP contribution in [0.5, 0.6) is 17.2 Å². The number of H-pyrrole nitrogens is 1. The third-order valence-corrected chi connectivity index (χ3v) is 4.36. The van der Waals surface area contributed by atoms with Gasteiger partial charge >= 0.3 is 6.36 Å². The molecule has 3 aromatic rings. The summed E-state index contributed by atoms with van der Waals surface area (Å²) in [7, 11) is 0. The molecule has 3 rings (SSSR count). The topological polar surface area (TPSA) is 51.3 Å². The number of halogens is 3. The minimum Gasteiger partial charge on any atom is -0.457 e. The van der Waals surface area contributed by atoms with Gasteiger partial charge in [0.15, 0.2) is 5.43 Å². The van der Waals surface area contributed by atoms with Crippen molar-refractivity contribution in [1.29, 1.82) is 0 Å². The summed E-state index contributed by atoms with van der Waals surface area (Å²) in [5.74, 6) is 0.468. The Hall–Kier alpha value is -2.96. The highest BCUT2D eigenvalue weighted by Gasteiger charge is 2.31. The van der Waals surface area contributed by atoms with Crippen molar-refractivity contribution in [3.63, 3.8) is 0 Å². The molecule has 0 spiro atoms. The number of pyridine rings is 1. The van der Waals surface area contributed by atoms with Gasteiger partial charge < -0.3 is 14.5 Å². The largest absolute Gasteiger partial charge is 0.573 e. The van der Waals surface area contributed by atoms with E-state index in [0.29, 0.717) is 28.0 Å². The van der Waals surface area contributed by atoms with Gasteiger partial charge in [-0.3, -0.25) is 4.79 Å². The van der Waals surface area contributed by atoms with Crippen molar-refractivity contribution in [3.05, 3.63) is 63.4 Å². The first-order chi connectivity index (χ1) is 12.7. The Labute approximate surface area is 153 Å². The van der Waals surface area contributed by atoms with Gasteiger partial charge in [0.1, 0.15) is 17.2 Å². The number of fused-ring (bicyclic) bond motifs is 1. The lowest BCUT2D eigenvalue weighted by molar-refractivity contribution is -0.274. The summed E-state index contributed by atoms with van der Waals surface area (Å²) in [6.07, 6.45) is -4.02. The molecule has 142 valence electrons. The zero-order chi connectivity index (χ0) is 19.8. The Morgan fingerprint density at radius 3 is 2.19 bits per heavy atom. The van der Waals surface area contributed by atoms with E-state index in [-0.39, 0.29) is 11.2 Å². The fourth-order valence-corrected chi connectivity index (χ4v) is 2.97. The van der Waals surface area contributed by atoms with E-state index < -0.39 is 6.36 Å². The second-order valence-corrected chi connectivity index (χ2v) is 6.14. The van der Waals surface area contributed by atoms with Gasteiger partial charge in [-0.1, -0.05) is 6.92 Å². The number of hydrogen-bond donors (Lipinski definition) is 1. The summed E-state index contributed by atoms with van der Waals surface area (Å²) in [4.78, 5) is 16.0. The van der Waals surface area contributed by atoms with Crippen LogP contribution in [-0.2, 0) is 6.42 Å². The summed E-state index contributed by atoms with van der Waals surface area (Å²) in [5.41, 5.74) is 2.88. The molecule has 0 aliphatic rings. The van der Waals surface area contributed by atoms with Gasteiger partial charge in [-0.2, -0.15) is 0 Å². The fourth-order valence-electron chi connectivity index (χ4n) is 2.97. The first-order valence-corrected chi connectivity index (χ1v) is 8.38. The Morgan fingerprint density at radius 1 is 0.963 bits per heavy atom. The standard InChI is InChI=1S/C20H18F3NO3/c1-4-15-11(2)19(25)18-12(3)17(10-9-16(18)24-15)26-13-5-7-14(8-6-13)27-20(21,22)23/h5-10H,4H2,1-3H3,(H,24,25). The van der Waals surface area contributed by atoms with Gasteiger partial charge in [0.05, 0.1) is 10.9 Å². The maximum atomic E-state index is 12.7. The van der Waals surface area contributed by atoms with Gasteiger partial charge in [0.2, 0.25) is 0 Å². The lowest BCUT2D eigenvalue weighted by atomic mass is 10.0. The van der Waals surface area contributed by atoms with Gasteiger partial charge in [-0.15, -0.1) is 13.2 Å². The number of nitrogens with one attached hydrogen (secondary N) is 1. The van der Waals surface area contributed by atoms with Gasteiger partial charge in [-0.05, 0) is 56.7 Å². The number of hydrogen-bond acceptors (Lipinski definition) is 3. The molecule has 0 fully saturated rings. The van der Waals surface area contributed by atoms with Crippen molar-refractivity contribution in [3.8, 4) is 17.2 Å². The zero-order valence-electron chi connectivity index (χ0n) is 15.0. The van der Waals surface area contributed by atoms with Crippen molar-refractivity contribution < 1.29 is 22.6 Å². The lowest BCUT2D eigenvalue weighted by Gasteiger charge is -2.13. The smallest absolute Gasteiger partial charge is 0.457 e. The molecule has 27 heavy (non-hydrogen) atoms. The van der Waals surface area contributed by atoms with E-state index in [2.05, 4.69) is 9.72 Å². The molecular weight excluding hydrogens is 359 g/mol. The van der Waals surface area contributed by atoms with E-state index in [9.17, 15) is 18.0 Å². The van der Waals surface area contributed by atoms with Crippen LogP contribution in [0.3, 0.4) is 0 Å². The molecule has 1 heterocycles. The van der Waals surface area contributed by atoms with Crippen molar-refractivity contribution >= 4 is 10.9 Å². The molecule has 4 nitrogen and oxygen atoms in total. The van der Waals surface area contributed by atoms with Gasteiger partial charge in [0, 0.05) is 16.8 Å². The van der Waals surface area contributed by atoms with Crippen LogP contribution in [0.1, 0.15) is 23.7 Å². The van der Waals surface area contributed by atoms with Crippen molar-refractivity contribution in [2.24, 2.45) is 0 Å². The van der Waals surface area contributed by atoms with Crippen LogP contribution in [0.15, 0.2) is 41.2 Å². The first-order valence-electron chi connectivity index (χ1n) is 8.38. The maximum Gasteiger partial charge on any atom is 0.573 e. The van der Waals surface area contributed by atoms with Crippen LogP contribution in [0.4, 0.5) is 13.2 Å². The fraction of sp³-hybridized carbons (Fsp3) is 0.250.